The third kappa shape index (κ3) is 2.68. The predicted octanol–water partition coefficient (Wildman–Crippen LogP) is 1.72. The van der Waals surface area contributed by atoms with Crippen LogP contribution in [0, 0.1) is 6.92 Å². The number of benzene rings is 1. The molecule has 1 saturated heterocycles. The van der Waals surface area contributed by atoms with Crippen molar-refractivity contribution in [1.29, 1.82) is 0 Å². The molecule has 2 aliphatic heterocycles. The summed E-state index contributed by atoms with van der Waals surface area (Å²) in [4.78, 5) is 4.66. The summed E-state index contributed by atoms with van der Waals surface area (Å²) in [6.07, 6.45) is 0. The lowest BCUT2D eigenvalue weighted by Crippen LogP contribution is -2.47. The van der Waals surface area contributed by atoms with E-state index in [1.54, 1.807) is 0 Å². The molecule has 118 valence electrons. The molecular weight excluding hydrogens is 298 g/mol. The topological polar surface area (TPSA) is 53.0 Å². The number of aryl methyl sites for hydroxylation is 1. The lowest BCUT2D eigenvalue weighted by molar-refractivity contribution is 0.216. The van der Waals surface area contributed by atoms with Crippen LogP contribution in [0.15, 0.2) is 34.2 Å². The fourth-order valence-electron chi connectivity index (χ4n) is 2.91. The molecule has 1 aromatic rings. The monoisotopic (exact) mass is 319 g/mol. The van der Waals surface area contributed by atoms with Crippen LogP contribution in [0.25, 0.3) is 4.91 Å². The van der Waals surface area contributed by atoms with Crippen LogP contribution in [0.4, 0.5) is 0 Å². The first-order chi connectivity index (χ1) is 10.4. The molecule has 0 spiro atoms. The average molecular weight is 319 g/mol. The zero-order valence-electron chi connectivity index (χ0n) is 13.2. The lowest BCUT2D eigenvalue weighted by Gasteiger charge is -2.33. The molecule has 2 heterocycles. The van der Waals surface area contributed by atoms with Crippen LogP contribution in [0.2, 0.25) is 0 Å². The van der Waals surface area contributed by atoms with Crippen LogP contribution in [0.5, 0.6) is 0 Å². The summed E-state index contributed by atoms with van der Waals surface area (Å²) in [5.74, 6) is 0.615. The van der Waals surface area contributed by atoms with Gasteiger partial charge in [-0.25, -0.2) is 0 Å². The van der Waals surface area contributed by atoms with Gasteiger partial charge in [0.15, 0.2) is 0 Å². The molecule has 0 aliphatic carbocycles. The van der Waals surface area contributed by atoms with Crippen molar-refractivity contribution in [2.75, 3.05) is 33.2 Å². The summed E-state index contributed by atoms with van der Waals surface area (Å²) in [6.45, 7) is 7.31. The fraction of sp³-hybridized carbons (Fsp3) is 0.438. The first-order valence-electron chi connectivity index (χ1n) is 7.45. The van der Waals surface area contributed by atoms with Crippen LogP contribution in [-0.2, 0) is 10.0 Å². The van der Waals surface area contributed by atoms with E-state index < -0.39 is 10.0 Å². The van der Waals surface area contributed by atoms with E-state index in [1.165, 1.54) is 0 Å². The number of hydrogen-bond donors (Lipinski definition) is 0. The average Bonchev–Trinajstić information content (AvgIpc) is 2.71. The minimum absolute atomic E-state index is 0.349. The number of sulfonamides is 1. The minimum Gasteiger partial charge on any atom is -0.353 e. The van der Waals surface area contributed by atoms with Gasteiger partial charge in [0.1, 0.15) is 10.7 Å². The number of rotatable bonds is 1. The summed E-state index contributed by atoms with van der Waals surface area (Å²) in [6, 6.07) is 7.57. The van der Waals surface area contributed by atoms with E-state index in [0.29, 0.717) is 10.7 Å². The van der Waals surface area contributed by atoms with Gasteiger partial charge in [-0.1, -0.05) is 29.8 Å². The van der Waals surface area contributed by atoms with Crippen molar-refractivity contribution in [3.63, 3.8) is 0 Å². The molecule has 1 fully saturated rings. The molecule has 0 amide bonds. The van der Waals surface area contributed by atoms with Gasteiger partial charge in [-0.05, 0) is 26.5 Å². The Kier molecular flexibility index (Phi) is 3.82. The highest BCUT2D eigenvalue weighted by atomic mass is 32.2. The lowest BCUT2D eigenvalue weighted by atomic mass is 10.1. The number of amidine groups is 1. The standard InChI is InChI=1S/C16H21N3O2S/c1-12-4-6-14(7-5-12)15-13(2)16(17-22(15,20)21)19-10-8-18(3)9-11-19/h4-7H,8-11H2,1-3H3. The van der Waals surface area contributed by atoms with Gasteiger partial charge < -0.3 is 9.80 Å². The van der Waals surface area contributed by atoms with Crippen molar-refractivity contribution in [2.45, 2.75) is 13.8 Å². The third-order valence-electron chi connectivity index (χ3n) is 4.26. The molecule has 5 nitrogen and oxygen atoms in total. The van der Waals surface area contributed by atoms with E-state index in [9.17, 15) is 8.42 Å². The Morgan fingerprint density at radius 3 is 2.18 bits per heavy atom. The van der Waals surface area contributed by atoms with Gasteiger partial charge in [0.25, 0.3) is 10.0 Å². The van der Waals surface area contributed by atoms with E-state index in [-0.39, 0.29) is 0 Å². The van der Waals surface area contributed by atoms with Gasteiger partial charge >= 0.3 is 0 Å². The molecule has 0 bridgehead atoms. The normalized spacial score (nSPS) is 22.1. The van der Waals surface area contributed by atoms with Crippen molar-refractivity contribution in [1.82, 2.24) is 9.80 Å². The van der Waals surface area contributed by atoms with Crippen LogP contribution in [-0.4, -0.2) is 57.3 Å². The van der Waals surface area contributed by atoms with Crippen LogP contribution < -0.4 is 0 Å². The van der Waals surface area contributed by atoms with E-state index in [0.717, 1.165) is 42.9 Å². The van der Waals surface area contributed by atoms with Crippen molar-refractivity contribution >= 4 is 20.8 Å². The predicted molar refractivity (Wildman–Crippen MR) is 89.2 cm³/mol. The molecule has 0 saturated carbocycles. The molecular formula is C16H21N3O2S. The Morgan fingerprint density at radius 2 is 1.59 bits per heavy atom. The highest BCUT2D eigenvalue weighted by Crippen LogP contribution is 2.33. The summed E-state index contributed by atoms with van der Waals surface area (Å²) < 4.78 is 29.0. The molecule has 6 heteroatoms. The molecule has 2 aliphatic rings. The van der Waals surface area contributed by atoms with Gasteiger partial charge in [-0.15, -0.1) is 4.40 Å². The SMILES string of the molecule is CC1=C(c2ccc(C)cc2)S(=O)(=O)N=C1N1CCN(C)CC1. The number of hydrogen-bond acceptors (Lipinski definition) is 4. The van der Waals surface area contributed by atoms with Gasteiger partial charge in [0.05, 0.1) is 0 Å². The summed E-state index contributed by atoms with van der Waals surface area (Å²) in [5.41, 5.74) is 2.59. The zero-order chi connectivity index (χ0) is 15.9. The number of likely N-dealkylation sites (N-methyl/N-ethyl adjacent to an activating group) is 1. The van der Waals surface area contributed by atoms with E-state index in [1.807, 2.05) is 38.1 Å². The Balaban J connectivity index is 1.99. The summed E-state index contributed by atoms with van der Waals surface area (Å²) in [5, 5.41) is 0. The van der Waals surface area contributed by atoms with Crippen molar-refractivity contribution < 1.29 is 8.42 Å². The van der Waals surface area contributed by atoms with Gasteiger partial charge in [0, 0.05) is 31.8 Å². The molecule has 0 N–H and O–H groups in total. The van der Waals surface area contributed by atoms with Gasteiger partial charge in [0.2, 0.25) is 0 Å². The minimum atomic E-state index is -3.60. The van der Waals surface area contributed by atoms with Crippen molar-refractivity contribution in [3.8, 4) is 0 Å². The number of piperazine rings is 1. The Bertz CT molecular complexity index is 740. The zero-order valence-corrected chi connectivity index (χ0v) is 14.0. The smallest absolute Gasteiger partial charge is 0.285 e. The van der Waals surface area contributed by atoms with Crippen LogP contribution in [0.1, 0.15) is 18.1 Å². The first kappa shape index (κ1) is 15.2. The first-order valence-corrected chi connectivity index (χ1v) is 8.89. The highest BCUT2D eigenvalue weighted by molar-refractivity contribution is 8.00. The maximum atomic E-state index is 12.5. The van der Waals surface area contributed by atoms with E-state index in [4.69, 9.17) is 0 Å². The highest BCUT2D eigenvalue weighted by Gasteiger charge is 2.34. The fourth-order valence-corrected chi connectivity index (χ4v) is 4.39. The second-order valence-electron chi connectivity index (χ2n) is 6.00. The molecule has 3 rings (SSSR count). The van der Waals surface area contributed by atoms with Gasteiger partial charge in [-0.3, -0.25) is 0 Å². The maximum Gasteiger partial charge on any atom is 0.285 e. The van der Waals surface area contributed by atoms with Crippen molar-refractivity contribution in [2.24, 2.45) is 4.40 Å². The Hall–Kier alpha value is -1.66. The maximum absolute atomic E-state index is 12.5. The molecule has 1 aromatic carbocycles. The molecule has 0 radical (unpaired) electrons. The molecule has 0 atom stereocenters. The largest absolute Gasteiger partial charge is 0.353 e. The molecule has 0 unspecified atom stereocenters. The molecule has 0 aromatic heterocycles. The van der Waals surface area contributed by atoms with Crippen LogP contribution >= 0.6 is 0 Å². The quantitative estimate of drug-likeness (QED) is 0.791. The van der Waals surface area contributed by atoms with E-state index in [2.05, 4.69) is 21.2 Å². The van der Waals surface area contributed by atoms with E-state index >= 15 is 0 Å². The summed E-state index contributed by atoms with van der Waals surface area (Å²) in [7, 11) is -1.53. The number of nitrogens with zero attached hydrogens (tertiary/aromatic N) is 3. The summed E-state index contributed by atoms with van der Waals surface area (Å²) >= 11 is 0. The van der Waals surface area contributed by atoms with Crippen LogP contribution in [0.3, 0.4) is 0 Å². The van der Waals surface area contributed by atoms with Crippen molar-refractivity contribution in [3.05, 3.63) is 41.0 Å². The molecule has 22 heavy (non-hydrogen) atoms. The Morgan fingerprint density at radius 1 is 1.00 bits per heavy atom. The second kappa shape index (κ2) is 5.52. The second-order valence-corrected chi connectivity index (χ2v) is 7.54. The third-order valence-corrected chi connectivity index (χ3v) is 5.73. The van der Waals surface area contributed by atoms with Gasteiger partial charge in [-0.2, -0.15) is 8.42 Å². The Labute approximate surface area is 132 Å².